The molecule has 10 heteroatoms. The molecule has 0 radical (unpaired) electrons. The molecule has 3 aliphatic rings. The number of aromatic amines is 2. The minimum absolute atomic E-state index is 0.110. The van der Waals surface area contributed by atoms with Crippen LogP contribution in [0.25, 0.3) is 90.4 Å². The van der Waals surface area contributed by atoms with Crippen molar-refractivity contribution in [2.24, 2.45) is 0 Å². The van der Waals surface area contributed by atoms with Gasteiger partial charge < -0.3 is 9.97 Å². The van der Waals surface area contributed by atoms with E-state index in [1.807, 2.05) is 78.9 Å². The fourth-order valence-corrected chi connectivity index (χ4v) is 8.04. The van der Waals surface area contributed by atoms with Crippen LogP contribution in [0.15, 0.2) is 140 Å². The van der Waals surface area contributed by atoms with Gasteiger partial charge in [-0.15, -0.1) is 0 Å². The van der Waals surface area contributed by atoms with Gasteiger partial charge in [-0.1, -0.05) is 115 Å². The Hall–Kier alpha value is -6.94. The van der Waals surface area contributed by atoms with Gasteiger partial charge in [0.2, 0.25) is 0 Å². The minimum atomic E-state index is -5.84. The van der Waals surface area contributed by atoms with Crippen LogP contribution in [0.4, 0.5) is 26.3 Å². The molecule has 5 heterocycles. The van der Waals surface area contributed by atoms with Gasteiger partial charge in [-0.05, 0) is 64.7 Å². The van der Waals surface area contributed by atoms with Gasteiger partial charge in [0.15, 0.2) is 0 Å². The standard InChI is InChI=1S/C47H28F6N4/c48-45(49)31-19-11-10-18-30(31)43-38-25-24-36(56-38)41(28-14-6-2-7-15-28)34-21-20-33(54-34)40(27-12-4-1-5-13-27)35-22-23-37(55-35)42(29-16-8-3-9-17-29)39-26-32(44(43)57-39)46(50,51)47(45,52)53/h1-26,55-56H. The molecule has 57 heavy (non-hydrogen) atoms. The third-order valence-corrected chi connectivity index (χ3v) is 10.7. The summed E-state index contributed by atoms with van der Waals surface area (Å²) < 4.78 is 97.8. The first-order valence-electron chi connectivity index (χ1n) is 18.1. The number of benzene rings is 4. The predicted molar refractivity (Wildman–Crippen MR) is 213 cm³/mol. The van der Waals surface area contributed by atoms with Crippen molar-refractivity contribution < 1.29 is 26.3 Å². The van der Waals surface area contributed by atoms with Gasteiger partial charge in [0.1, 0.15) is 0 Å². The molecule has 2 N–H and O–H groups in total. The van der Waals surface area contributed by atoms with Gasteiger partial charge in [0.05, 0.1) is 28.3 Å². The van der Waals surface area contributed by atoms with Crippen molar-refractivity contribution in [2.75, 3.05) is 0 Å². The maximum atomic E-state index is 16.6. The summed E-state index contributed by atoms with van der Waals surface area (Å²) in [7, 11) is 0. The highest BCUT2D eigenvalue weighted by Gasteiger charge is 2.75. The second-order valence-corrected chi connectivity index (χ2v) is 14.1. The quantitative estimate of drug-likeness (QED) is 0.176. The Labute approximate surface area is 321 Å². The summed E-state index contributed by atoms with van der Waals surface area (Å²) in [5.41, 5.74) is 2.92. The molecule has 278 valence electrons. The van der Waals surface area contributed by atoms with Crippen LogP contribution in [0.5, 0.6) is 0 Å². The lowest BCUT2D eigenvalue weighted by atomic mass is 9.82. The summed E-state index contributed by atoms with van der Waals surface area (Å²) >= 11 is 0. The van der Waals surface area contributed by atoms with E-state index < -0.39 is 34.6 Å². The summed E-state index contributed by atoms with van der Waals surface area (Å²) in [6, 6.07) is 39.2. The van der Waals surface area contributed by atoms with Crippen molar-refractivity contribution in [1.82, 2.24) is 19.9 Å². The molecule has 0 amide bonds. The smallest absolute Gasteiger partial charge is 0.354 e. The number of fused-ring (bicyclic) bond motifs is 10. The van der Waals surface area contributed by atoms with Crippen molar-refractivity contribution in [3.05, 3.63) is 168 Å². The van der Waals surface area contributed by atoms with E-state index in [-0.39, 0.29) is 22.3 Å². The van der Waals surface area contributed by atoms with Crippen LogP contribution in [0, 0.1) is 0 Å². The Morgan fingerprint density at radius 1 is 0.404 bits per heavy atom. The fourth-order valence-electron chi connectivity index (χ4n) is 8.04. The number of allylic oxidation sites excluding steroid dienone is 1. The van der Waals surface area contributed by atoms with Crippen molar-refractivity contribution in [3.63, 3.8) is 0 Å². The molecule has 0 saturated heterocycles. The highest BCUT2D eigenvalue weighted by molar-refractivity contribution is 6.04. The normalized spacial score (nSPS) is 16.0. The van der Waals surface area contributed by atoms with E-state index in [0.717, 1.165) is 34.9 Å². The van der Waals surface area contributed by atoms with E-state index in [1.54, 1.807) is 48.5 Å². The van der Waals surface area contributed by atoms with Gasteiger partial charge in [-0.3, -0.25) is 0 Å². The Balaban J connectivity index is 1.46. The Morgan fingerprint density at radius 2 is 0.825 bits per heavy atom. The van der Waals surface area contributed by atoms with Crippen LogP contribution < -0.4 is 0 Å². The average molecular weight is 763 g/mol. The Bertz CT molecular complexity index is 2980. The summed E-state index contributed by atoms with van der Waals surface area (Å²) in [5.74, 6) is -16.5. The zero-order valence-electron chi connectivity index (χ0n) is 29.7. The third-order valence-electron chi connectivity index (χ3n) is 10.7. The number of rotatable bonds is 3. The molecule has 0 atom stereocenters. The van der Waals surface area contributed by atoms with E-state index >= 15 is 26.3 Å². The van der Waals surface area contributed by atoms with E-state index in [2.05, 4.69) is 9.97 Å². The average Bonchev–Trinajstić information content (AvgIpc) is 4.06. The van der Waals surface area contributed by atoms with E-state index in [1.165, 1.54) is 12.1 Å². The molecule has 4 aromatic carbocycles. The molecule has 2 aliphatic heterocycles. The molecule has 0 unspecified atom stereocenters. The largest absolute Gasteiger partial charge is 0.380 e. The molecule has 8 bridgehead atoms. The maximum absolute atomic E-state index is 16.6. The highest BCUT2D eigenvalue weighted by atomic mass is 19.3. The topological polar surface area (TPSA) is 57.4 Å². The highest BCUT2D eigenvalue weighted by Crippen LogP contribution is 2.60. The minimum Gasteiger partial charge on any atom is -0.354 e. The van der Waals surface area contributed by atoms with E-state index in [4.69, 9.17) is 9.97 Å². The zero-order valence-corrected chi connectivity index (χ0v) is 29.7. The molecule has 0 saturated carbocycles. The lowest BCUT2D eigenvalue weighted by Gasteiger charge is -2.36. The molecule has 1 aliphatic carbocycles. The zero-order chi connectivity index (χ0) is 39.1. The first-order chi connectivity index (χ1) is 27.5. The van der Waals surface area contributed by atoms with Gasteiger partial charge in [0.25, 0.3) is 0 Å². The molecule has 3 aromatic heterocycles. The number of hydrogen-bond acceptors (Lipinski definition) is 2. The lowest BCUT2D eigenvalue weighted by Crippen LogP contribution is -2.53. The van der Waals surface area contributed by atoms with Crippen LogP contribution in [0.1, 0.15) is 28.3 Å². The van der Waals surface area contributed by atoms with Crippen LogP contribution in [-0.4, -0.2) is 31.8 Å². The first-order valence-corrected chi connectivity index (χ1v) is 18.1. The summed E-state index contributed by atoms with van der Waals surface area (Å²) in [4.78, 5) is 16.7. The number of halogens is 6. The number of hydrogen-bond donors (Lipinski definition) is 2. The van der Waals surface area contributed by atoms with Gasteiger partial charge in [-0.25, -0.2) is 9.97 Å². The lowest BCUT2D eigenvalue weighted by molar-refractivity contribution is -0.294. The van der Waals surface area contributed by atoms with Crippen LogP contribution in [-0.2, 0) is 5.92 Å². The molecular formula is C47H28F6N4. The first kappa shape index (κ1) is 34.5. The molecule has 0 spiro atoms. The number of nitrogens with zero attached hydrogens (tertiary/aromatic N) is 2. The van der Waals surface area contributed by atoms with Crippen molar-refractivity contribution in [2.45, 2.75) is 17.8 Å². The van der Waals surface area contributed by atoms with Gasteiger partial charge in [0, 0.05) is 49.9 Å². The number of H-pyrrole nitrogens is 2. The Morgan fingerprint density at radius 3 is 1.32 bits per heavy atom. The SMILES string of the molecule is FC1(F)C2=Cc3nc2c(c2ccc([nH]2)c(-c2ccccc2)c2nc(c(-c4ccccc4)c4ccc([nH]4)c3-c3ccccc3)C=C2)-c2ccccc2C(F)(F)C1(F)F. The summed E-state index contributed by atoms with van der Waals surface area (Å²) in [6.45, 7) is 0. The number of aromatic nitrogens is 4. The van der Waals surface area contributed by atoms with Crippen molar-refractivity contribution >= 4 is 45.9 Å². The monoisotopic (exact) mass is 762 g/mol. The van der Waals surface area contributed by atoms with Crippen molar-refractivity contribution in [1.29, 1.82) is 0 Å². The summed E-state index contributed by atoms with van der Waals surface area (Å²) in [5, 5.41) is 0. The van der Waals surface area contributed by atoms with Crippen LogP contribution in [0.2, 0.25) is 0 Å². The second kappa shape index (κ2) is 12.5. The molecule has 7 aromatic rings. The third kappa shape index (κ3) is 5.16. The van der Waals surface area contributed by atoms with E-state index in [0.29, 0.717) is 44.6 Å². The fraction of sp³-hybridized carbons (Fsp3) is 0.0638. The van der Waals surface area contributed by atoms with Gasteiger partial charge >= 0.3 is 17.8 Å². The molecule has 0 fully saturated rings. The molecular weight excluding hydrogens is 735 g/mol. The number of alkyl halides is 6. The maximum Gasteiger partial charge on any atom is 0.380 e. The Kier molecular flexibility index (Phi) is 7.60. The number of nitrogens with one attached hydrogen (secondary N) is 2. The molecule has 4 nitrogen and oxygen atoms in total. The van der Waals surface area contributed by atoms with Crippen molar-refractivity contribution in [3.8, 4) is 44.5 Å². The second-order valence-electron chi connectivity index (χ2n) is 14.1. The van der Waals surface area contributed by atoms with Crippen LogP contribution in [0.3, 0.4) is 0 Å². The molecule has 10 rings (SSSR count). The summed E-state index contributed by atoms with van der Waals surface area (Å²) in [6.07, 6.45) is 4.63. The van der Waals surface area contributed by atoms with E-state index in [9.17, 15) is 0 Å². The van der Waals surface area contributed by atoms with Gasteiger partial charge in [-0.2, -0.15) is 26.3 Å². The predicted octanol–water partition coefficient (Wildman–Crippen LogP) is 13.1. The van der Waals surface area contributed by atoms with Crippen LogP contribution >= 0.6 is 0 Å².